The number of rotatable bonds is 2. The van der Waals surface area contributed by atoms with Gasteiger partial charge in [0.25, 0.3) is 0 Å². The number of amidine groups is 1. The summed E-state index contributed by atoms with van der Waals surface area (Å²) < 4.78 is 0. The molecule has 3 rings (SSSR count). The molecule has 0 saturated heterocycles. The van der Waals surface area contributed by atoms with Crippen molar-refractivity contribution >= 4 is 17.2 Å². The molecule has 1 saturated carbocycles. The van der Waals surface area contributed by atoms with E-state index >= 15 is 0 Å². The summed E-state index contributed by atoms with van der Waals surface area (Å²) in [5.41, 5.74) is 7.43. The van der Waals surface area contributed by atoms with Crippen LogP contribution in [-0.4, -0.2) is 5.84 Å². The molecule has 1 unspecified atom stereocenters. The van der Waals surface area contributed by atoms with Crippen molar-refractivity contribution in [3.8, 4) is 0 Å². The van der Waals surface area contributed by atoms with Crippen LogP contribution in [0, 0.1) is 5.92 Å². The number of thiophene rings is 1. The molecule has 1 aromatic heterocycles. The fourth-order valence-corrected chi connectivity index (χ4v) is 3.24. The van der Waals surface area contributed by atoms with Gasteiger partial charge in [0.05, 0.1) is 11.9 Å². The van der Waals surface area contributed by atoms with E-state index in [2.05, 4.69) is 11.4 Å². The van der Waals surface area contributed by atoms with Gasteiger partial charge in [0.2, 0.25) is 0 Å². The van der Waals surface area contributed by atoms with Crippen molar-refractivity contribution in [2.24, 2.45) is 16.6 Å². The average Bonchev–Trinajstić information content (AvgIpc) is 2.97. The predicted molar refractivity (Wildman–Crippen MR) is 64.3 cm³/mol. The molecule has 1 atom stereocenters. The van der Waals surface area contributed by atoms with Crippen LogP contribution in [0.25, 0.3) is 0 Å². The topological polar surface area (TPSA) is 38.4 Å². The summed E-state index contributed by atoms with van der Waals surface area (Å²) in [7, 11) is 0. The summed E-state index contributed by atoms with van der Waals surface area (Å²) in [6, 6.07) is 2.59. The standard InChI is InChI=1S/C12H16N2S/c13-12(8-4-5-8)14-10-2-1-3-11-9(10)6-7-15-11/h6-8,10H,1-5H2,(H2,13,14). The molecule has 0 aromatic carbocycles. The minimum atomic E-state index is 0.362. The third-order valence-electron chi connectivity index (χ3n) is 3.32. The molecule has 1 heterocycles. The second kappa shape index (κ2) is 3.63. The molecule has 2 aliphatic rings. The molecule has 0 amide bonds. The number of hydrogen-bond acceptors (Lipinski definition) is 2. The van der Waals surface area contributed by atoms with Crippen molar-refractivity contribution in [1.29, 1.82) is 0 Å². The Morgan fingerprint density at radius 3 is 3.07 bits per heavy atom. The maximum absolute atomic E-state index is 5.99. The first-order chi connectivity index (χ1) is 7.34. The first kappa shape index (κ1) is 9.40. The summed E-state index contributed by atoms with van der Waals surface area (Å²) >= 11 is 1.87. The van der Waals surface area contributed by atoms with E-state index in [1.54, 1.807) is 0 Å². The van der Waals surface area contributed by atoms with Crippen molar-refractivity contribution < 1.29 is 0 Å². The van der Waals surface area contributed by atoms with Crippen molar-refractivity contribution in [2.45, 2.75) is 38.1 Å². The lowest BCUT2D eigenvalue weighted by Crippen LogP contribution is -2.17. The summed E-state index contributed by atoms with van der Waals surface area (Å²) in [4.78, 5) is 6.24. The number of aryl methyl sites for hydroxylation is 1. The zero-order valence-electron chi connectivity index (χ0n) is 8.78. The van der Waals surface area contributed by atoms with Crippen LogP contribution in [0.15, 0.2) is 16.4 Å². The van der Waals surface area contributed by atoms with Gasteiger partial charge in [0.1, 0.15) is 0 Å². The van der Waals surface area contributed by atoms with Gasteiger partial charge in [-0.1, -0.05) is 0 Å². The Labute approximate surface area is 94.2 Å². The Bertz CT molecular complexity index is 390. The Morgan fingerprint density at radius 2 is 2.27 bits per heavy atom. The second-order valence-corrected chi connectivity index (χ2v) is 5.54. The van der Waals surface area contributed by atoms with Gasteiger partial charge >= 0.3 is 0 Å². The van der Waals surface area contributed by atoms with E-state index < -0.39 is 0 Å². The lowest BCUT2D eigenvalue weighted by atomic mass is 9.94. The van der Waals surface area contributed by atoms with Gasteiger partial charge in [-0.25, -0.2) is 0 Å². The minimum absolute atomic E-state index is 0.362. The van der Waals surface area contributed by atoms with Crippen molar-refractivity contribution in [3.63, 3.8) is 0 Å². The Kier molecular flexibility index (Phi) is 2.28. The minimum Gasteiger partial charge on any atom is -0.387 e. The van der Waals surface area contributed by atoms with Crippen molar-refractivity contribution in [3.05, 3.63) is 21.9 Å². The maximum Gasteiger partial charge on any atom is 0.0976 e. The smallest absolute Gasteiger partial charge is 0.0976 e. The Balaban J connectivity index is 1.86. The van der Waals surface area contributed by atoms with Crippen LogP contribution in [0.3, 0.4) is 0 Å². The van der Waals surface area contributed by atoms with E-state index in [0.717, 1.165) is 5.84 Å². The Hall–Kier alpha value is -0.830. The van der Waals surface area contributed by atoms with E-state index in [9.17, 15) is 0 Å². The molecule has 0 bridgehead atoms. The molecule has 0 spiro atoms. The summed E-state index contributed by atoms with van der Waals surface area (Å²) in [5.74, 6) is 1.51. The highest BCUT2D eigenvalue weighted by atomic mass is 32.1. The van der Waals surface area contributed by atoms with Crippen LogP contribution < -0.4 is 5.73 Å². The van der Waals surface area contributed by atoms with Crippen LogP contribution in [0.2, 0.25) is 0 Å². The third-order valence-corrected chi connectivity index (χ3v) is 4.32. The number of nitrogens with zero attached hydrogens (tertiary/aromatic N) is 1. The lowest BCUT2D eigenvalue weighted by molar-refractivity contribution is 0.578. The molecule has 15 heavy (non-hydrogen) atoms. The van der Waals surface area contributed by atoms with Gasteiger partial charge in [0, 0.05) is 10.8 Å². The Morgan fingerprint density at radius 1 is 1.40 bits per heavy atom. The van der Waals surface area contributed by atoms with E-state index in [1.165, 1.54) is 42.5 Å². The fraction of sp³-hybridized carbons (Fsp3) is 0.583. The zero-order valence-corrected chi connectivity index (χ0v) is 9.59. The van der Waals surface area contributed by atoms with Gasteiger partial charge in [0.15, 0.2) is 0 Å². The molecule has 1 fully saturated rings. The number of fused-ring (bicyclic) bond motifs is 1. The predicted octanol–water partition coefficient (Wildman–Crippen LogP) is 2.89. The number of nitrogens with two attached hydrogens (primary N) is 1. The molecule has 0 radical (unpaired) electrons. The van der Waals surface area contributed by atoms with Crippen molar-refractivity contribution in [2.75, 3.05) is 0 Å². The van der Waals surface area contributed by atoms with Crippen LogP contribution in [0.4, 0.5) is 0 Å². The molecule has 2 N–H and O–H groups in total. The number of aliphatic imine (C=N–C) groups is 1. The van der Waals surface area contributed by atoms with Gasteiger partial charge in [-0.3, -0.25) is 4.99 Å². The van der Waals surface area contributed by atoms with Crippen molar-refractivity contribution in [1.82, 2.24) is 0 Å². The highest BCUT2D eigenvalue weighted by Gasteiger charge is 2.27. The summed E-state index contributed by atoms with van der Waals surface area (Å²) in [6.07, 6.45) is 6.18. The largest absolute Gasteiger partial charge is 0.387 e. The quantitative estimate of drug-likeness (QED) is 0.604. The lowest BCUT2D eigenvalue weighted by Gasteiger charge is -2.19. The van der Waals surface area contributed by atoms with E-state index in [4.69, 9.17) is 10.7 Å². The van der Waals surface area contributed by atoms with E-state index in [-0.39, 0.29) is 0 Å². The summed E-state index contributed by atoms with van der Waals surface area (Å²) in [6.45, 7) is 0. The first-order valence-corrected chi connectivity index (χ1v) is 6.62. The average molecular weight is 220 g/mol. The SMILES string of the molecule is NC(=NC1CCCc2sccc21)C1CC1. The summed E-state index contributed by atoms with van der Waals surface area (Å²) in [5, 5.41) is 2.19. The third kappa shape index (κ3) is 1.81. The normalized spacial score (nSPS) is 26.4. The molecule has 3 heteroatoms. The highest BCUT2D eigenvalue weighted by Crippen LogP contribution is 2.37. The maximum atomic E-state index is 5.99. The molecular weight excluding hydrogens is 204 g/mol. The van der Waals surface area contributed by atoms with Gasteiger partial charge < -0.3 is 5.73 Å². The highest BCUT2D eigenvalue weighted by molar-refractivity contribution is 7.10. The molecule has 2 nitrogen and oxygen atoms in total. The van der Waals surface area contributed by atoms with Crippen LogP contribution in [0.5, 0.6) is 0 Å². The van der Waals surface area contributed by atoms with E-state index in [1.807, 2.05) is 11.3 Å². The fourth-order valence-electron chi connectivity index (χ4n) is 2.26. The monoisotopic (exact) mass is 220 g/mol. The molecular formula is C12H16N2S. The van der Waals surface area contributed by atoms with Gasteiger partial charge in [-0.15, -0.1) is 11.3 Å². The molecule has 2 aliphatic carbocycles. The van der Waals surface area contributed by atoms with Crippen LogP contribution in [-0.2, 0) is 6.42 Å². The molecule has 1 aromatic rings. The van der Waals surface area contributed by atoms with E-state index in [0.29, 0.717) is 12.0 Å². The van der Waals surface area contributed by atoms with Gasteiger partial charge in [-0.2, -0.15) is 0 Å². The first-order valence-electron chi connectivity index (χ1n) is 5.74. The zero-order chi connectivity index (χ0) is 10.3. The molecule has 80 valence electrons. The molecule has 0 aliphatic heterocycles. The second-order valence-electron chi connectivity index (χ2n) is 4.54. The van der Waals surface area contributed by atoms with Crippen LogP contribution >= 0.6 is 11.3 Å². The van der Waals surface area contributed by atoms with Crippen LogP contribution in [0.1, 0.15) is 42.2 Å². The van der Waals surface area contributed by atoms with Gasteiger partial charge in [-0.05, 0) is 49.1 Å². The number of hydrogen-bond donors (Lipinski definition) is 1.